The zero-order chi connectivity index (χ0) is 20.3. The van der Waals surface area contributed by atoms with Crippen LogP contribution in [-0.2, 0) is 16.3 Å². The van der Waals surface area contributed by atoms with Crippen LogP contribution >= 0.6 is 34.7 Å². The van der Waals surface area contributed by atoms with Gasteiger partial charge in [-0.3, -0.25) is 9.69 Å². The molecule has 0 bridgehead atoms. The number of nitrogens with zero attached hydrogens (tertiary/aromatic N) is 2. The lowest BCUT2D eigenvalue weighted by molar-refractivity contribution is -0.115. The standard InChI is InChI=1S/C22H23ClN2OS2/c1-14-9-15(2)21(16(3)10-14)25(17(4)26)22-24-20(13-28-22)12-27-11-18-5-7-19(23)8-6-18/h5-10,13H,11-12H2,1-4H3. The molecule has 0 atom stereocenters. The van der Waals surface area contributed by atoms with Crippen LogP contribution in [0.2, 0.25) is 5.02 Å². The minimum Gasteiger partial charge on any atom is -0.274 e. The van der Waals surface area contributed by atoms with Crippen LogP contribution in [0.15, 0.2) is 41.8 Å². The second-order valence-electron chi connectivity index (χ2n) is 6.84. The van der Waals surface area contributed by atoms with Crippen molar-refractivity contribution in [2.24, 2.45) is 0 Å². The first-order chi connectivity index (χ1) is 13.3. The third kappa shape index (κ3) is 4.96. The van der Waals surface area contributed by atoms with Gasteiger partial charge < -0.3 is 0 Å². The number of aromatic nitrogens is 1. The first-order valence-electron chi connectivity index (χ1n) is 9.00. The molecule has 3 rings (SSSR count). The average Bonchev–Trinajstić information content (AvgIpc) is 3.07. The molecule has 0 aliphatic carbocycles. The third-order valence-electron chi connectivity index (χ3n) is 4.34. The van der Waals surface area contributed by atoms with Crippen molar-refractivity contribution in [3.05, 3.63) is 74.7 Å². The Labute approximate surface area is 179 Å². The molecule has 0 saturated carbocycles. The number of amides is 1. The quantitative estimate of drug-likeness (QED) is 0.429. The van der Waals surface area contributed by atoms with Gasteiger partial charge in [0.05, 0.1) is 11.4 Å². The Hall–Kier alpha value is -1.82. The number of aryl methyl sites for hydroxylation is 3. The van der Waals surface area contributed by atoms with Crippen LogP contribution in [-0.4, -0.2) is 10.9 Å². The van der Waals surface area contributed by atoms with Gasteiger partial charge in [-0.05, 0) is 49.6 Å². The van der Waals surface area contributed by atoms with Crippen LogP contribution in [0.4, 0.5) is 10.8 Å². The molecule has 146 valence electrons. The van der Waals surface area contributed by atoms with Gasteiger partial charge in [-0.2, -0.15) is 11.8 Å². The van der Waals surface area contributed by atoms with E-state index < -0.39 is 0 Å². The summed E-state index contributed by atoms with van der Waals surface area (Å²) in [5.74, 6) is 1.68. The average molecular weight is 431 g/mol. The normalized spacial score (nSPS) is 10.9. The van der Waals surface area contributed by atoms with Crippen molar-refractivity contribution in [3.8, 4) is 0 Å². The Bertz CT molecular complexity index is 959. The fraction of sp³-hybridized carbons (Fsp3) is 0.273. The molecular formula is C22H23ClN2OS2. The Kier molecular flexibility index (Phi) is 6.81. The number of benzene rings is 2. The van der Waals surface area contributed by atoms with Gasteiger partial charge in [-0.25, -0.2) is 4.98 Å². The minimum absolute atomic E-state index is 0.0234. The van der Waals surface area contributed by atoms with Crippen LogP contribution in [0.1, 0.15) is 34.9 Å². The van der Waals surface area contributed by atoms with E-state index in [1.165, 1.54) is 22.5 Å². The molecule has 1 heterocycles. The molecule has 1 aromatic heterocycles. The lowest BCUT2D eigenvalue weighted by atomic mass is 10.0. The highest BCUT2D eigenvalue weighted by Gasteiger charge is 2.21. The van der Waals surface area contributed by atoms with E-state index in [1.807, 2.05) is 43.5 Å². The molecular weight excluding hydrogens is 408 g/mol. The first kappa shape index (κ1) is 20.9. The number of carbonyl (C=O) groups is 1. The summed E-state index contributed by atoms with van der Waals surface area (Å²) in [4.78, 5) is 18.9. The molecule has 3 aromatic rings. The van der Waals surface area contributed by atoms with Gasteiger partial charge in [-0.15, -0.1) is 11.3 Å². The monoisotopic (exact) mass is 430 g/mol. The maximum atomic E-state index is 12.4. The van der Waals surface area contributed by atoms with Crippen molar-refractivity contribution in [3.63, 3.8) is 0 Å². The molecule has 0 spiro atoms. The van der Waals surface area contributed by atoms with Crippen LogP contribution < -0.4 is 4.90 Å². The molecule has 0 N–H and O–H groups in total. The summed E-state index contributed by atoms with van der Waals surface area (Å²) in [5.41, 5.74) is 6.53. The lowest BCUT2D eigenvalue weighted by Gasteiger charge is -2.23. The number of anilines is 2. The van der Waals surface area contributed by atoms with Crippen molar-refractivity contribution in [1.29, 1.82) is 0 Å². The summed E-state index contributed by atoms with van der Waals surface area (Å²) in [6.45, 7) is 7.75. The Morgan fingerprint density at radius 3 is 2.36 bits per heavy atom. The molecule has 28 heavy (non-hydrogen) atoms. The summed E-state index contributed by atoms with van der Waals surface area (Å²) in [5, 5.41) is 3.52. The van der Waals surface area contributed by atoms with Gasteiger partial charge in [0.1, 0.15) is 0 Å². The predicted octanol–water partition coefficient (Wildman–Crippen LogP) is 6.84. The van der Waals surface area contributed by atoms with Crippen molar-refractivity contribution < 1.29 is 4.79 Å². The van der Waals surface area contributed by atoms with Crippen molar-refractivity contribution in [2.45, 2.75) is 39.2 Å². The molecule has 0 unspecified atom stereocenters. The first-order valence-corrected chi connectivity index (χ1v) is 11.4. The van der Waals surface area contributed by atoms with E-state index >= 15 is 0 Å². The highest BCUT2D eigenvalue weighted by molar-refractivity contribution is 7.97. The van der Waals surface area contributed by atoms with E-state index in [9.17, 15) is 4.79 Å². The summed E-state index contributed by atoms with van der Waals surface area (Å²) in [6.07, 6.45) is 0. The van der Waals surface area contributed by atoms with Crippen LogP contribution in [0.25, 0.3) is 0 Å². The topological polar surface area (TPSA) is 33.2 Å². The van der Waals surface area contributed by atoms with Crippen LogP contribution in [0.5, 0.6) is 0 Å². The highest BCUT2D eigenvalue weighted by atomic mass is 35.5. The summed E-state index contributed by atoms with van der Waals surface area (Å²) >= 11 is 9.25. The fourth-order valence-corrected chi connectivity index (χ4v) is 5.22. The second-order valence-corrected chi connectivity index (χ2v) is 9.10. The van der Waals surface area contributed by atoms with Gasteiger partial charge in [0.25, 0.3) is 0 Å². The molecule has 0 fully saturated rings. The van der Waals surface area contributed by atoms with Crippen LogP contribution in [0, 0.1) is 20.8 Å². The highest BCUT2D eigenvalue weighted by Crippen LogP contribution is 2.35. The zero-order valence-corrected chi connectivity index (χ0v) is 18.8. The molecule has 0 aliphatic rings. The third-order valence-corrected chi connectivity index (χ3v) is 6.50. The predicted molar refractivity (Wildman–Crippen MR) is 122 cm³/mol. The SMILES string of the molecule is CC(=O)N(c1nc(CSCc2ccc(Cl)cc2)cs1)c1c(C)cc(C)cc1C. The second kappa shape index (κ2) is 9.12. The maximum Gasteiger partial charge on any atom is 0.230 e. The van der Waals surface area contributed by atoms with E-state index in [-0.39, 0.29) is 5.91 Å². The van der Waals surface area contributed by atoms with E-state index in [2.05, 4.69) is 19.1 Å². The molecule has 1 amide bonds. The summed E-state index contributed by atoms with van der Waals surface area (Å²) < 4.78 is 0. The molecule has 3 nitrogen and oxygen atoms in total. The zero-order valence-electron chi connectivity index (χ0n) is 16.5. The van der Waals surface area contributed by atoms with Crippen molar-refractivity contribution in [2.75, 3.05) is 4.90 Å². The molecule has 0 radical (unpaired) electrons. The number of thioether (sulfide) groups is 1. The maximum absolute atomic E-state index is 12.4. The number of thiazole rings is 1. The van der Waals surface area contributed by atoms with Crippen molar-refractivity contribution in [1.82, 2.24) is 4.98 Å². The van der Waals surface area contributed by atoms with E-state index in [0.29, 0.717) is 0 Å². The molecule has 6 heteroatoms. The lowest BCUT2D eigenvalue weighted by Crippen LogP contribution is -2.24. The van der Waals surface area contributed by atoms with E-state index in [4.69, 9.17) is 16.6 Å². The van der Waals surface area contributed by atoms with Gasteiger partial charge in [0, 0.05) is 28.8 Å². The van der Waals surface area contributed by atoms with E-state index in [1.54, 1.807) is 23.6 Å². The van der Waals surface area contributed by atoms with Gasteiger partial charge in [0.15, 0.2) is 5.13 Å². The summed E-state index contributed by atoms with van der Waals surface area (Å²) in [6, 6.07) is 12.1. The van der Waals surface area contributed by atoms with Gasteiger partial charge >= 0.3 is 0 Å². The number of rotatable bonds is 6. The van der Waals surface area contributed by atoms with E-state index in [0.717, 1.165) is 44.2 Å². The Balaban J connectivity index is 1.75. The number of hydrogen-bond acceptors (Lipinski definition) is 4. The Morgan fingerprint density at radius 2 is 1.75 bits per heavy atom. The molecule has 0 aliphatic heterocycles. The molecule has 2 aromatic carbocycles. The van der Waals surface area contributed by atoms with Gasteiger partial charge in [-0.1, -0.05) is 41.4 Å². The van der Waals surface area contributed by atoms with Gasteiger partial charge in [0.2, 0.25) is 5.91 Å². The largest absolute Gasteiger partial charge is 0.274 e. The number of hydrogen-bond donors (Lipinski definition) is 0. The minimum atomic E-state index is -0.0234. The number of carbonyl (C=O) groups excluding carboxylic acids is 1. The molecule has 0 saturated heterocycles. The smallest absolute Gasteiger partial charge is 0.230 e. The Morgan fingerprint density at radius 1 is 1.11 bits per heavy atom. The fourth-order valence-electron chi connectivity index (χ4n) is 3.23. The summed E-state index contributed by atoms with van der Waals surface area (Å²) in [7, 11) is 0. The van der Waals surface area contributed by atoms with Crippen LogP contribution in [0.3, 0.4) is 0 Å². The number of halogens is 1. The van der Waals surface area contributed by atoms with Crippen molar-refractivity contribution >= 4 is 51.4 Å².